The van der Waals surface area contributed by atoms with Gasteiger partial charge in [0.25, 0.3) is 5.69 Å². The first-order valence-electron chi connectivity index (χ1n) is 9.73. The monoisotopic (exact) mass is 418 g/mol. The van der Waals surface area contributed by atoms with Crippen LogP contribution in [-0.4, -0.2) is 30.6 Å². The lowest BCUT2D eigenvalue weighted by molar-refractivity contribution is -0.384. The molecule has 0 amide bonds. The molecular weight excluding hydrogens is 394 g/mol. The Bertz CT molecular complexity index is 900. The summed E-state index contributed by atoms with van der Waals surface area (Å²) in [7, 11) is 0. The van der Waals surface area contributed by atoms with Gasteiger partial charge in [-0.2, -0.15) is 0 Å². The van der Waals surface area contributed by atoms with Gasteiger partial charge in [-0.3, -0.25) is 10.1 Å². The van der Waals surface area contributed by atoms with Gasteiger partial charge in [-0.25, -0.2) is 13.8 Å². The predicted molar refractivity (Wildman–Crippen MR) is 109 cm³/mol. The lowest BCUT2D eigenvalue weighted by Gasteiger charge is -2.20. The van der Waals surface area contributed by atoms with Gasteiger partial charge in [0, 0.05) is 42.8 Å². The molecule has 1 aliphatic heterocycles. The molecule has 0 bridgehead atoms. The quantitative estimate of drug-likeness (QED) is 0.310. The van der Waals surface area contributed by atoms with E-state index in [1.807, 2.05) is 0 Å². The molecule has 1 heterocycles. The number of nitrogens with zero attached hydrogens (tertiary/aromatic N) is 2. The van der Waals surface area contributed by atoms with Crippen molar-refractivity contribution in [3.63, 3.8) is 0 Å². The van der Waals surface area contributed by atoms with Crippen LogP contribution < -0.4 is 10.6 Å². The van der Waals surface area contributed by atoms with Gasteiger partial charge in [-0.1, -0.05) is 18.2 Å². The zero-order valence-electron chi connectivity index (χ0n) is 16.6. The average Bonchev–Trinajstić information content (AvgIpc) is 3.23. The summed E-state index contributed by atoms with van der Waals surface area (Å²) in [6.45, 7) is 4.09. The van der Waals surface area contributed by atoms with Gasteiger partial charge in [-0.15, -0.1) is 0 Å². The zero-order valence-corrected chi connectivity index (χ0v) is 16.6. The fourth-order valence-electron chi connectivity index (χ4n) is 3.17. The number of hydrogen-bond donors (Lipinski definition) is 2. The van der Waals surface area contributed by atoms with Crippen molar-refractivity contribution in [3.8, 4) is 0 Å². The van der Waals surface area contributed by atoms with E-state index in [0.29, 0.717) is 30.6 Å². The number of rotatable bonds is 7. The number of halogens is 2. The Kier molecular flexibility index (Phi) is 7.29. The molecule has 30 heavy (non-hydrogen) atoms. The van der Waals surface area contributed by atoms with Gasteiger partial charge < -0.3 is 15.4 Å². The van der Waals surface area contributed by atoms with Crippen LogP contribution >= 0.6 is 0 Å². The Balaban J connectivity index is 1.71. The van der Waals surface area contributed by atoms with E-state index in [1.165, 1.54) is 24.3 Å². The van der Waals surface area contributed by atoms with E-state index >= 15 is 0 Å². The van der Waals surface area contributed by atoms with Gasteiger partial charge in [0.1, 0.15) is 11.6 Å². The smallest absolute Gasteiger partial charge is 0.269 e. The maximum Gasteiger partial charge on any atom is 0.269 e. The predicted octanol–water partition coefficient (Wildman–Crippen LogP) is 3.71. The zero-order chi connectivity index (χ0) is 21.5. The molecule has 0 aromatic heterocycles. The summed E-state index contributed by atoms with van der Waals surface area (Å²) >= 11 is 0. The van der Waals surface area contributed by atoms with E-state index in [2.05, 4.69) is 15.6 Å². The number of nitro groups is 1. The normalized spacial score (nSPS) is 17.6. The number of guanidine groups is 1. The third-order valence-corrected chi connectivity index (χ3v) is 4.93. The summed E-state index contributed by atoms with van der Waals surface area (Å²) in [6, 6.07) is 9.17. The van der Waals surface area contributed by atoms with Crippen molar-refractivity contribution >= 4 is 11.6 Å². The maximum absolute atomic E-state index is 14.1. The molecule has 2 aromatic carbocycles. The van der Waals surface area contributed by atoms with Gasteiger partial charge in [0.05, 0.1) is 24.1 Å². The lowest BCUT2D eigenvalue weighted by Crippen LogP contribution is -2.41. The van der Waals surface area contributed by atoms with E-state index in [-0.39, 0.29) is 12.2 Å². The second-order valence-electron chi connectivity index (χ2n) is 7.23. The molecule has 2 aromatic rings. The Hall–Kier alpha value is -3.07. The number of nitro benzene ring substituents is 1. The van der Waals surface area contributed by atoms with E-state index in [1.54, 1.807) is 19.1 Å². The SMILES string of the molecule is CC(NC(=NCc1ccc([N+](=O)[O-])cc1)NCC1CCOC1)c1ccc(F)cc1F. The summed E-state index contributed by atoms with van der Waals surface area (Å²) in [5.41, 5.74) is 1.14. The average molecular weight is 418 g/mol. The van der Waals surface area contributed by atoms with Crippen LogP contribution in [0.25, 0.3) is 0 Å². The van der Waals surface area contributed by atoms with Gasteiger partial charge in [0.2, 0.25) is 0 Å². The van der Waals surface area contributed by atoms with Crippen molar-refractivity contribution in [2.45, 2.75) is 25.9 Å². The first-order valence-corrected chi connectivity index (χ1v) is 9.73. The Morgan fingerprint density at radius 2 is 2.07 bits per heavy atom. The van der Waals surface area contributed by atoms with Gasteiger partial charge in [-0.05, 0) is 25.0 Å². The second kappa shape index (κ2) is 10.1. The minimum absolute atomic E-state index is 0.0147. The molecule has 0 aliphatic carbocycles. The van der Waals surface area contributed by atoms with Crippen LogP contribution in [0.5, 0.6) is 0 Å². The van der Waals surface area contributed by atoms with Crippen molar-refractivity contribution in [2.24, 2.45) is 10.9 Å². The number of non-ortho nitro benzene ring substituents is 1. The molecule has 7 nitrogen and oxygen atoms in total. The van der Waals surface area contributed by atoms with Crippen LogP contribution in [-0.2, 0) is 11.3 Å². The third kappa shape index (κ3) is 5.96. The number of ether oxygens (including phenoxy) is 1. The van der Waals surface area contributed by atoms with Gasteiger partial charge in [0.15, 0.2) is 5.96 Å². The molecule has 9 heteroatoms. The van der Waals surface area contributed by atoms with Crippen molar-refractivity contribution in [3.05, 3.63) is 75.3 Å². The largest absolute Gasteiger partial charge is 0.381 e. The summed E-state index contributed by atoms with van der Waals surface area (Å²) < 4.78 is 32.7. The van der Waals surface area contributed by atoms with Crippen molar-refractivity contribution in [2.75, 3.05) is 19.8 Å². The van der Waals surface area contributed by atoms with Crippen molar-refractivity contribution < 1.29 is 18.4 Å². The molecule has 160 valence electrons. The molecule has 2 N–H and O–H groups in total. The summed E-state index contributed by atoms with van der Waals surface area (Å²) in [5.74, 6) is -0.436. The topological polar surface area (TPSA) is 88.8 Å². The summed E-state index contributed by atoms with van der Waals surface area (Å²) in [6.07, 6.45) is 0.949. The number of aliphatic imine (C=N–C) groups is 1. The number of nitrogens with one attached hydrogen (secondary N) is 2. The fraction of sp³-hybridized carbons (Fsp3) is 0.381. The van der Waals surface area contributed by atoms with Crippen LogP contribution in [0.1, 0.15) is 30.5 Å². The van der Waals surface area contributed by atoms with Crippen LogP contribution in [0.2, 0.25) is 0 Å². The minimum atomic E-state index is -0.631. The van der Waals surface area contributed by atoms with Crippen molar-refractivity contribution in [1.29, 1.82) is 0 Å². The highest BCUT2D eigenvalue weighted by atomic mass is 19.1. The summed E-state index contributed by atoms with van der Waals surface area (Å²) in [4.78, 5) is 14.9. The van der Waals surface area contributed by atoms with Crippen LogP contribution in [0.4, 0.5) is 14.5 Å². The highest BCUT2D eigenvalue weighted by Crippen LogP contribution is 2.18. The number of benzene rings is 2. The van der Waals surface area contributed by atoms with E-state index in [0.717, 1.165) is 24.7 Å². The molecule has 1 fully saturated rings. The first-order chi connectivity index (χ1) is 14.4. The highest BCUT2D eigenvalue weighted by molar-refractivity contribution is 5.80. The van der Waals surface area contributed by atoms with E-state index < -0.39 is 22.6 Å². The molecule has 0 saturated carbocycles. The molecule has 1 aliphatic rings. The molecule has 0 radical (unpaired) electrons. The number of hydrogen-bond acceptors (Lipinski definition) is 4. The molecule has 0 spiro atoms. The standard InChI is InChI=1S/C21H24F2N4O3/c1-14(19-7-4-17(22)10-20(19)23)26-21(25-12-16-8-9-30-13-16)24-11-15-2-5-18(6-3-15)27(28)29/h2-7,10,14,16H,8-9,11-13H2,1H3,(H2,24,25,26). The molecule has 2 atom stereocenters. The van der Waals surface area contributed by atoms with E-state index in [9.17, 15) is 18.9 Å². The van der Waals surface area contributed by atoms with Crippen LogP contribution in [0.3, 0.4) is 0 Å². The van der Waals surface area contributed by atoms with Crippen molar-refractivity contribution in [1.82, 2.24) is 10.6 Å². The molecule has 2 unspecified atom stereocenters. The Labute approximate surface area is 173 Å². The third-order valence-electron chi connectivity index (χ3n) is 4.93. The summed E-state index contributed by atoms with van der Waals surface area (Å²) in [5, 5.41) is 17.2. The van der Waals surface area contributed by atoms with E-state index in [4.69, 9.17) is 4.74 Å². The molecular formula is C21H24F2N4O3. The Morgan fingerprint density at radius 3 is 2.70 bits per heavy atom. The maximum atomic E-state index is 14.1. The Morgan fingerprint density at radius 1 is 1.30 bits per heavy atom. The lowest BCUT2D eigenvalue weighted by atomic mass is 10.1. The molecule has 3 rings (SSSR count). The second-order valence-corrected chi connectivity index (χ2v) is 7.23. The highest BCUT2D eigenvalue weighted by Gasteiger charge is 2.18. The fourth-order valence-corrected chi connectivity index (χ4v) is 3.17. The minimum Gasteiger partial charge on any atom is -0.381 e. The first kappa shape index (κ1) is 21.6. The van der Waals surface area contributed by atoms with Crippen LogP contribution in [0, 0.1) is 27.7 Å². The van der Waals surface area contributed by atoms with Gasteiger partial charge >= 0.3 is 0 Å². The molecule has 1 saturated heterocycles. The van der Waals surface area contributed by atoms with Crippen LogP contribution in [0.15, 0.2) is 47.5 Å².